The number of aromatic amines is 1. The summed E-state index contributed by atoms with van der Waals surface area (Å²) in [6, 6.07) is 16.3. The monoisotopic (exact) mass is 448 g/mol. The molecule has 1 N–H and O–H groups in total. The number of aromatic nitrogens is 5. The van der Waals surface area contributed by atoms with Crippen molar-refractivity contribution < 1.29 is 0 Å². The molecule has 6 heteroatoms. The minimum atomic E-state index is 0.509. The van der Waals surface area contributed by atoms with Gasteiger partial charge >= 0.3 is 0 Å². The summed E-state index contributed by atoms with van der Waals surface area (Å²) < 4.78 is 2.13. The van der Waals surface area contributed by atoms with Gasteiger partial charge in [-0.25, -0.2) is 9.50 Å². The van der Waals surface area contributed by atoms with Gasteiger partial charge in [-0.3, -0.25) is 9.88 Å². The molecule has 7 rings (SSSR count). The van der Waals surface area contributed by atoms with E-state index in [9.17, 15) is 0 Å². The Bertz CT molecular complexity index is 1470. The van der Waals surface area contributed by atoms with E-state index in [-0.39, 0.29) is 0 Å². The van der Waals surface area contributed by atoms with E-state index in [2.05, 4.69) is 56.6 Å². The number of hydrogen-bond donors (Lipinski definition) is 1. The molecule has 5 aromatic rings. The molecule has 0 amide bonds. The Morgan fingerprint density at radius 3 is 2.56 bits per heavy atom. The maximum Gasteiger partial charge on any atom is 0.163 e. The normalized spacial score (nSPS) is 22.7. The SMILES string of the molecule is CCN1C2CCC1CC(c1ccnc3c(-c4ccc5cc[nH]c5c4)c(-c4ccncc4)nn13)C2. The molecule has 170 valence electrons. The number of nitrogens with zero attached hydrogens (tertiary/aromatic N) is 5. The average Bonchev–Trinajstić information content (AvgIpc) is 3.57. The van der Waals surface area contributed by atoms with Crippen molar-refractivity contribution in [2.75, 3.05) is 6.54 Å². The first-order chi connectivity index (χ1) is 16.8. The highest BCUT2D eigenvalue weighted by molar-refractivity contribution is 5.94. The van der Waals surface area contributed by atoms with Crippen molar-refractivity contribution in [1.29, 1.82) is 0 Å². The molecule has 2 saturated heterocycles. The van der Waals surface area contributed by atoms with Crippen LogP contribution < -0.4 is 0 Å². The smallest absolute Gasteiger partial charge is 0.163 e. The minimum Gasteiger partial charge on any atom is -0.361 e. The van der Waals surface area contributed by atoms with Gasteiger partial charge in [0.2, 0.25) is 0 Å². The molecule has 2 fully saturated rings. The van der Waals surface area contributed by atoms with E-state index in [0.29, 0.717) is 18.0 Å². The molecule has 2 bridgehead atoms. The van der Waals surface area contributed by atoms with Crippen molar-refractivity contribution in [3.8, 4) is 22.4 Å². The Balaban J connectivity index is 1.42. The van der Waals surface area contributed by atoms with Gasteiger partial charge in [0.25, 0.3) is 0 Å². The molecule has 2 aliphatic rings. The second kappa shape index (κ2) is 7.77. The molecule has 1 aromatic carbocycles. The number of rotatable bonds is 4. The molecule has 34 heavy (non-hydrogen) atoms. The van der Waals surface area contributed by atoms with E-state index in [1.807, 2.05) is 36.9 Å². The van der Waals surface area contributed by atoms with Crippen molar-refractivity contribution in [3.05, 3.63) is 72.9 Å². The summed E-state index contributed by atoms with van der Waals surface area (Å²) in [5.41, 5.74) is 7.58. The summed E-state index contributed by atoms with van der Waals surface area (Å²) in [5.74, 6) is 0.509. The molecular formula is C28H28N6. The lowest BCUT2D eigenvalue weighted by Crippen LogP contribution is -2.42. The molecule has 0 radical (unpaired) electrons. The fraction of sp³-hybridized carbons (Fsp3) is 0.321. The summed E-state index contributed by atoms with van der Waals surface area (Å²) in [4.78, 5) is 15.2. The van der Waals surface area contributed by atoms with Gasteiger partial charge < -0.3 is 4.98 Å². The lowest BCUT2D eigenvalue weighted by atomic mass is 9.88. The van der Waals surface area contributed by atoms with Crippen molar-refractivity contribution in [3.63, 3.8) is 0 Å². The van der Waals surface area contributed by atoms with Gasteiger partial charge in [-0.1, -0.05) is 19.1 Å². The molecule has 6 nitrogen and oxygen atoms in total. The largest absolute Gasteiger partial charge is 0.361 e. The first-order valence-electron chi connectivity index (χ1n) is 12.4. The van der Waals surface area contributed by atoms with Crippen LogP contribution in [0.5, 0.6) is 0 Å². The van der Waals surface area contributed by atoms with E-state index in [1.165, 1.54) is 36.8 Å². The summed E-state index contributed by atoms with van der Waals surface area (Å²) in [7, 11) is 0. The van der Waals surface area contributed by atoms with Crippen LogP contribution in [0.4, 0.5) is 0 Å². The third-order valence-corrected chi connectivity index (χ3v) is 8.01. The van der Waals surface area contributed by atoms with Crippen molar-refractivity contribution in [2.24, 2.45) is 0 Å². The number of nitrogens with one attached hydrogen (secondary N) is 1. The lowest BCUT2D eigenvalue weighted by molar-refractivity contribution is 0.132. The van der Waals surface area contributed by atoms with Gasteiger partial charge in [-0.15, -0.1) is 0 Å². The zero-order valence-electron chi connectivity index (χ0n) is 19.4. The number of pyridine rings is 1. The van der Waals surface area contributed by atoms with Crippen LogP contribution in [0.15, 0.2) is 67.3 Å². The zero-order valence-corrected chi connectivity index (χ0v) is 19.4. The van der Waals surface area contributed by atoms with Crippen LogP contribution in [0.25, 0.3) is 38.9 Å². The third-order valence-electron chi connectivity index (χ3n) is 8.01. The minimum absolute atomic E-state index is 0.509. The molecule has 4 aromatic heterocycles. The summed E-state index contributed by atoms with van der Waals surface area (Å²) in [6.45, 7) is 3.46. The summed E-state index contributed by atoms with van der Waals surface area (Å²) in [6.07, 6.45) is 12.7. The first-order valence-corrected chi connectivity index (χ1v) is 12.4. The van der Waals surface area contributed by atoms with Crippen molar-refractivity contribution in [2.45, 2.75) is 50.6 Å². The zero-order chi connectivity index (χ0) is 22.6. The lowest BCUT2D eigenvalue weighted by Gasteiger charge is -2.38. The Morgan fingerprint density at radius 1 is 0.941 bits per heavy atom. The van der Waals surface area contributed by atoms with Crippen LogP contribution in [-0.2, 0) is 0 Å². The number of fused-ring (bicyclic) bond motifs is 4. The first kappa shape index (κ1) is 19.9. The van der Waals surface area contributed by atoms with Crippen LogP contribution in [-0.4, -0.2) is 48.1 Å². The highest BCUT2D eigenvalue weighted by Crippen LogP contribution is 2.44. The van der Waals surface area contributed by atoms with Crippen LogP contribution in [0.3, 0.4) is 0 Å². The van der Waals surface area contributed by atoms with Crippen molar-refractivity contribution >= 4 is 16.6 Å². The van der Waals surface area contributed by atoms with E-state index < -0.39 is 0 Å². The fourth-order valence-corrected chi connectivity index (χ4v) is 6.49. The van der Waals surface area contributed by atoms with Crippen LogP contribution in [0.2, 0.25) is 0 Å². The molecule has 0 aliphatic carbocycles. The second-order valence-corrected chi connectivity index (χ2v) is 9.73. The van der Waals surface area contributed by atoms with E-state index in [1.54, 1.807) is 0 Å². The third kappa shape index (κ3) is 3.02. The van der Waals surface area contributed by atoms with Crippen LogP contribution in [0, 0.1) is 0 Å². The summed E-state index contributed by atoms with van der Waals surface area (Å²) in [5, 5.41) is 6.42. The quantitative estimate of drug-likeness (QED) is 0.385. The predicted molar refractivity (Wildman–Crippen MR) is 135 cm³/mol. The van der Waals surface area contributed by atoms with Crippen LogP contribution in [0.1, 0.15) is 44.2 Å². The van der Waals surface area contributed by atoms with Gasteiger partial charge in [0.15, 0.2) is 5.65 Å². The summed E-state index contributed by atoms with van der Waals surface area (Å²) >= 11 is 0. The number of piperidine rings is 1. The van der Waals surface area contributed by atoms with Crippen LogP contribution >= 0.6 is 0 Å². The topological polar surface area (TPSA) is 62.1 Å². The Hall–Kier alpha value is -3.51. The number of benzene rings is 1. The van der Waals surface area contributed by atoms with Gasteiger partial charge in [-0.05, 0) is 73.5 Å². The highest BCUT2D eigenvalue weighted by Gasteiger charge is 2.41. The average molecular weight is 449 g/mol. The standard InChI is InChI=1S/C28H28N6/c1-2-33-22-5-6-23(33)16-21(15-22)25-10-14-31-28-26(20-4-3-18-9-13-30-24(18)17-20)27(32-34(25)28)19-7-11-29-12-8-19/h3-4,7-14,17,21-23,30H,2,5-6,15-16H2,1H3. The van der Waals surface area contributed by atoms with Crippen molar-refractivity contribution in [1.82, 2.24) is 29.5 Å². The predicted octanol–water partition coefficient (Wildman–Crippen LogP) is 5.67. The van der Waals surface area contributed by atoms with E-state index >= 15 is 0 Å². The van der Waals surface area contributed by atoms with E-state index in [0.717, 1.165) is 40.1 Å². The Labute approximate surface area is 198 Å². The Kier molecular flexibility index (Phi) is 4.55. The molecular weight excluding hydrogens is 420 g/mol. The number of hydrogen-bond acceptors (Lipinski definition) is 4. The molecule has 2 atom stereocenters. The van der Waals surface area contributed by atoms with Gasteiger partial charge in [0.05, 0.1) is 5.56 Å². The van der Waals surface area contributed by atoms with Gasteiger partial charge in [0, 0.05) is 59.6 Å². The molecule has 0 saturated carbocycles. The van der Waals surface area contributed by atoms with Gasteiger partial charge in [0.1, 0.15) is 5.69 Å². The molecule has 0 spiro atoms. The van der Waals surface area contributed by atoms with E-state index in [4.69, 9.17) is 10.1 Å². The maximum atomic E-state index is 5.21. The fourth-order valence-electron chi connectivity index (χ4n) is 6.49. The number of H-pyrrole nitrogens is 1. The molecule has 2 aliphatic heterocycles. The van der Waals surface area contributed by atoms with Gasteiger partial charge in [-0.2, -0.15) is 5.10 Å². The second-order valence-electron chi connectivity index (χ2n) is 9.73. The molecule has 6 heterocycles. The molecule has 2 unspecified atom stereocenters. The maximum absolute atomic E-state index is 5.21. The Morgan fingerprint density at radius 2 is 1.76 bits per heavy atom. The highest BCUT2D eigenvalue weighted by atomic mass is 15.3.